The zero-order valence-electron chi connectivity index (χ0n) is 17.4. The summed E-state index contributed by atoms with van der Waals surface area (Å²) >= 11 is 1.56. The molecule has 6 nitrogen and oxygen atoms in total. The normalized spacial score (nSPS) is 15.5. The third-order valence-electron chi connectivity index (χ3n) is 5.19. The highest BCUT2D eigenvalue weighted by Crippen LogP contribution is 2.39. The monoisotopic (exact) mass is 413 g/mol. The standard InChI is InChI=1S/C22H27N3O3S/c1-14-5-7-16-17(11-23)22(29-20(16)9-14)24-21(26)13-25(2)12-15-6-8-18(27-3)19(10-15)28-4/h6,8,10,14H,5,7,9,12-13H2,1-4H3,(H,24,26)/t14-/m1/s1. The first-order valence-corrected chi connectivity index (χ1v) is 10.5. The molecule has 0 unspecified atom stereocenters. The summed E-state index contributed by atoms with van der Waals surface area (Å²) in [6, 6.07) is 8.03. The molecule has 3 rings (SSSR count). The summed E-state index contributed by atoms with van der Waals surface area (Å²) in [5.74, 6) is 1.86. The molecule has 0 radical (unpaired) electrons. The molecule has 0 spiro atoms. The smallest absolute Gasteiger partial charge is 0.239 e. The lowest BCUT2D eigenvalue weighted by Crippen LogP contribution is -2.29. The van der Waals surface area contributed by atoms with Gasteiger partial charge in [-0.3, -0.25) is 9.69 Å². The first kappa shape index (κ1) is 21.2. The van der Waals surface area contributed by atoms with Gasteiger partial charge in [-0.25, -0.2) is 0 Å². The molecular formula is C22H27N3O3S. The third kappa shape index (κ3) is 4.89. The molecule has 7 heteroatoms. The summed E-state index contributed by atoms with van der Waals surface area (Å²) < 4.78 is 10.6. The first-order chi connectivity index (χ1) is 13.9. The number of carbonyl (C=O) groups excluding carboxylic acids is 1. The number of methoxy groups -OCH3 is 2. The average Bonchev–Trinajstić information content (AvgIpc) is 3.03. The molecule has 0 fully saturated rings. The number of fused-ring (bicyclic) bond motifs is 1. The van der Waals surface area contributed by atoms with Crippen molar-refractivity contribution in [1.29, 1.82) is 5.26 Å². The highest BCUT2D eigenvalue weighted by atomic mass is 32.1. The first-order valence-electron chi connectivity index (χ1n) is 9.69. The zero-order valence-corrected chi connectivity index (χ0v) is 18.2. The Kier molecular flexibility index (Phi) is 6.78. The Hall–Kier alpha value is -2.56. The average molecular weight is 414 g/mol. The van der Waals surface area contributed by atoms with Crippen LogP contribution >= 0.6 is 11.3 Å². The number of hydrogen-bond acceptors (Lipinski definition) is 6. The molecule has 1 aromatic carbocycles. The molecular weight excluding hydrogens is 386 g/mol. The van der Waals surface area contributed by atoms with E-state index in [4.69, 9.17) is 9.47 Å². The van der Waals surface area contributed by atoms with Crippen molar-refractivity contribution in [3.05, 3.63) is 39.8 Å². The van der Waals surface area contributed by atoms with E-state index in [0.717, 1.165) is 30.4 Å². The van der Waals surface area contributed by atoms with Crippen LogP contribution in [-0.2, 0) is 24.2 Å². The predicted molar refractivity (Wildman–Crippen MR) is 115 cm³/mol. The van der Waals surface area contributed by atoms with Gasteiger partial charge in [0.25, 0.3) is 0 Å². The van der Waals surface area contributed by atoms with Gasteiger partial charge >= 0.3 is 0 Å². The van der Waals surface area contributed by atoms with Crippen molar-refractivity contribution < 1.29 is 14.3 Å². The topological polar surface area (TPSA) is 74.6 Å². The summed E-state index contributed by atoms with van der Waals surface area (Å²) in [6.45, 7) is 3.06. The number of anilines is 1. The van der Waals surface area contributed by atoms with Gasteiger partial charge in [0, 0.05) is 11.4 Å². The summed E-state index contributed by atoms with van der Waals surface area (Å²) in [7, 11) is 5.10. The molecule has 0 bridgehead atoms. The van der Waals surface area contributed by atoms with Crippen LogP contribution in [-0.4, -0.2) is 38.6 Å². The number of benzene rings is 1. The van der Waals surface area contributed by atoms with E-state index in [1.54, 1.807) is 25.6 Å². The predicted octanol–water partition coefficient (Wildman–Crippen LogP) is 3.83. The van der Waals surface area contributed by atoms with Gasteiger partial charge in [-0.2, -0.15) is 5.26 Å². The molecule has 1 N–H and O–H groups in total. The van der Waals surface area contributed by atoms with Gasteiger partial charge in [-0.15, -0.1) is 11.3 Å². The minimum Gasteiger partial charge on any atom is -0.493 e. The van der Waals surface area contributed by atoms with Crippen LogP contribution in [0, 0.1) is 17.2 Å². The molecule has 0 saturated carbocycles. The number of nitrogens with zero attached hydrogens (tertiary/aromatic N) is 2. The highest BCUT2D eigenvalue weighted by Gasteiger charge is 2.24. The lowest BCUT2D eigenvalue weighted by atomic mass is 9.89. The molecule has 1 atom stereocenters. The molecule has 1 aromatic heterocycles. The van der Waals surface area contributed by atoms with Crippen molar-refractivity contribution in [3.8, 4) is 17.6 Å². The lowest BCUT2D eigenvalue weighted by Gasteiger charge is -2.17. The van der Waals surface area contributed by atoms with Crippen LogP contribution < -0.4 is 14.8 Å². The Morgan fingerprint density at radius 1 is 1.34 bits per heavy atom. The fourth-order valence-corrected chi connectivity index (χ4v) is 5.09. The number of hydrogen-bond donors (Lipinski definition) is 1. The molecule has 29 heavy (non-hydrogen) atoms. The fourth-order valence-electron chi connectivity index (χ4n) is 3.72. The second kappa shape index (κ2) is 9.29. The number of carbonyl (C=O) groups is 1. The second-order valence-electron chi connectivity index (χ2n) is 7.58. The van der Waals surface area contributed by atoms with Gasteiger partial charge in [-0.1, -0.05) is 13.0 Å². The molecule has 1 aliphatic carbocycles. The van der Waals surface area contributed by atoms with Gasteiger partial charge in [0.2, 0.25) is 5.91 Å². The van der Waals surface area contributed by atoms with Gasteiger partial charge < -0.3 is 14.8 Å². The summed E-state index contributed by atoms with van der Waals surface area (Å²) in [6.07, 6.45) is 3.01. The largest absolute Gasteiger partial charge is 0.493 e. The molecule has 1 amide bonds. The van der Waals surface area contributed by atoms with E-state index in [1.165, 1.54) is 4.88 Å². The minimum absolute atomic E-state index is 0.115. The van der Waals surface area contributed by atoms with Crippen LogP contribution in [0.25, 0.3) is 0 Å². The van der Waals surface area contributed by atoms with E-state index >= 15 is 0 Å². The fraction of sp³-hybridized carbons (Fsp3) is 0.455. The SMILES string of the molecule is COc1ccc(CN(C)CC(=O)Nc2sc3c(c2C#N)CC[C@@H](C)C3)cc1OC. The summed E-state index contributed by atoms with van der Waals surface area (Å²) in [4.78, 5) is 15.8. The van der Waals surface area contributed by atoms with Gasteiger partial charge in [0.15, 0.2) is 11.5 Å². The molecule has 1 aliphatic rings. The number of rotatable bonds is 7. The maximum atomic E-state index is 12.6. The Morgan fingerprint density at radius 3 is 2.79 bits per heavy atom. The van der Waals surface area contributed by atoms with E-state index in [2.05, 4.69) is 18.3 Å². The molecule has 154 valence electrons. The van der Waals surface area contributed by atoms with E-state index in [9.17, 15) is 10.1 Å². The number of thiophene rings is 1. The maximum Gasteiger partial charge on any atom is 0.239 e. The van der Waals surface area contributed by atoms with Crippen molar-refractivity contribution in [2.45, 2.75) is 32.7 Å². The van der Waals surface area contributed by atoms with Crippen LogP contribution in [0.4, 0.5) is 5.00 Å². The van der Waals surface area contributed by atoms with Gasteiger partial charge in [0.05, 0.1) is 26.3 Å². The number of likely N-dealkylation sites (N-methyl/N-ethyl adjacent to an activating group) is 1. The second-order valence-corrected chi connectivity index (χ2v) is 8.68. The number of ether oxygens (including phenoxy) is 2. The Balaban J connectivity index is 1.63. The van der Waals surface area contributed by atoms with Gasteiger partial charge in [0.1, 0.15) is 11.1 Å². The van der Waals surface area contributed by atoms with Crippen LogP contribution in [0.3, 0.4) is 0 Å². The maximum absolute atomic E-state index is 12.6. The van der Waals surface area contributed by atoms with Crippen molar-refractivity contribution in [2.24, 2.45) is 5.92 Å². The Labute approximate surface area is 176 Å². The molecule has 2 aromatic rings. The van der Waals surface area contributed by atoms with Crippen molar-refractivity contribution in [1.82, 2.24) is 4.90 Å². The number of amides is 1. The van der Waals surface area contributed by atoms with E-state index in [-0.39, 0.29) is 12.5 Å². The van der Waals surface area contributed by atoms with Crippen molar-refractivity contribution >= 4 is 22.2 Å². The van der Waals surface area contributed by atoms with Crippen molar-refractivity contribution in [2.75, 3.05) is 33.1 Å². The number of nitriles is 1. The highest BCUT2D eigenvalue weighted by molar-refractivity contribution is 7.16. The van der Waals surface area contributed by atoms with Crippen molar-refractivity contribution in [3.63, 3.8) is 0 Å². The van der Waals surface area contributed by atoms with Crippen LogP contribution in [0.5, 0.6) is 11.5 Å². The Morgan fingerprint density at radius 2 is 2.10 bits per heavy atom. The quantitative estimate of drug-likeness (QED) is 0.747. The van der Waals surface area contributed by atoms with E-state index in [1.807, 2.05) is 30.1 Å². The summed E-state index contributed by atoms with van der Waals surface area (Å²) in [5, 5.41) is 13.2. The molecule has 0 aliphatic heterocycles. The van der Waals surface area contributed by atoms with Gasteiger partial charge in [-0.05, 0) is 55.5 Å². The Bertz CT molecular complexity index is 932. The lowest BCUT2D eigenvalue weighted by molar-refractivity contribution is -0.117. The number of nitrogens with one attached hydrogen (secondary N) is 1. The van der Waals surface area contributed by atoms with E-state index in [0.29, 0.717) is 34.5 Å². The van der Waals surface area contributed by atoms with E-state index < -0.39 is 0 Å². The third-order valence-corrected chi connectivity index (χ3v) is 6.36. The minimum atomic E-state index is -0.115. The molecule has 0 saturated heterocycles. The van der Waals surface area contributed by atoms with Crippen LogP contribution in [0.1, 0.15) is 34.9 Å². The molecule has 1 heterocycles. The van der Waals surface area contributed by atoms with Crippen LogP contribution in [0.15, 0.2) is 18.2 Å². The van der Waals surface area contributed by atoms with Crippen LogP contribution in [0.2, 0.25) is 0 Å². The zero-order chi connectivity index (χ0) is 21.0. The summed E-state index contributed by atoms with van der Waals surface area (Å²) in [5.41, 5.74) is 2.80.